The Morgan fingerprint density at radius 1 is 1.00 bits per heavy atom. The van der Waals surface area contributed by atoms with Crippen molar-refractivity contribution >= 4 is 0 Å². The van der Waals surface area contributed by atoms with E-state index >= 15 is 0 Å². The van der Waals surface area contributed by atoms with Gasteiger partial charge in [-0.05, 0) is 22.6 Å². The Bertz CT molecular complexity index is 510. The Hall–Kier alpha value is -1.64. The molecule has 0 saturated heterocycles. The lowest BCUT2D eigenvalue weighted by Crippen LogP contribution is -2.19. The Morgan fingerprint density at radius 2 is 1.75 bits per heavy atom. The summed E-state index contributed by atoms with van der Waals surface area (Å²) < 4.78 is 5.16. The second kappa shape index (κ2) is 7.83. The zero-order chi connectivity index (χ0) is 14.2. The Kier molecular flexibility index (Phi) is 5.78. The van der Waals surface area contributed by atoms with Crippen molar-refractivity contribution in [2.45, 2.75) is 26.0 Å². The molecule has 1 unspecified atom stereocenters. The van der Waals surface area contributed by atoms with Crippen molar-refractivity contribution in [1.29, 1.82) is 0 Å². The number of ether oxygens (including phenoxy) is 1. The van der Waals surface area contributed by atoms with E-state index in [1.54, 1.807) is 7.11 Å². The molecule has 0 radical (unpaired) electrons. The van der Waals surface area contributed by atoms with Gasteiger partial charge in [0.15, 0.2) is 0 Å². The van der Waals surface area contributed by atoms with E-state index in [4.69, 9.17) is 4.74 Å². The van der Waals surface area contributed by atoms with Crippen LogP contribution in [0.25, 0.3) is 0 Å². The minimum atomic E-state index is 0.526. The standard InChI is InChI=1S/C18H23NO/c1-15(18-9-4-3-5-10-18)12-19-13-16-7-6-8-17(11-16)14-20-2/h3-11,15,19H,12-14H2,1-2H3. The summed E-state index contributed by atoms with van der Waals surface area (Å²) in [6, 6.07) is 19.2. The van der Waals surface area contributed by atoms with Crippen LogP contribution in [0.1, 0.15) is 29.5 Å². The highest BCUT2D eigenvalue weighted by atomic mass is 16.5. The lowest BCUT2D eigenvalue weighted by Gasteiger charge is -2.13. The van der Waals surface area contributed by atoms with Gasteiger partial charge in [0.2, 0.25) is 0 Å². The Balaban J connectivity index is 1.82. The average molecular weight is 269 g/mol. The van der Waals surface area contributed by atoms with E-state index in [9.17, 15) is 0 Å². The van der Waals surface area contributed by atoms with Crippen molar-refractivity contribution in [3.05, 3.63) is 71.3 Å². The number of hydrogen-bond acceptors (Lipinski definition) is 2. The van der Waals surface area contributed by atoms with Gasteiger partial charge in [0.25, 0.3) is 0 Å². The highest BCUT2D eigenvalue weighted by Gasteiger charge is 2.04. The molecular weight excluding hydrogens is 246 g/mol. The molecule has 0 bridgehead atoms. The van der Waals surface area contributed by atoms with Gasteiger partial charge >= 0.3 is 0 Å². The fourth-order valence-electron chi connectivity index (χ4n) is 2.33. The van der Waals surface area contributed by atoms with Crippen LogP contribution >= 0.6 is 0 Å². The Labute approximate surface area is 121 Å². The van der Waals surface area contributed by atoms with Gasteiger partial charge in [0, 0.05) is 20.2 Å². The molecule has 0 aromatic heterocycles. The summed E-state index contributed by atoms with van der Waals surface area (Å²) in [6.07, 6.45) is 0. The van der Waals surface area contributed by atoms with Crippen LogP contribution in [0.5, 0.6) is 0 Å². The van der Waals surface area contributed by atoms with E-state index in [1.807, 2.05) is 0 Å². The van der Waals surface area contributed by atoms with Gasteiger partial charge in [-0.1, -0.05) is 61.5 Å². The van der Waals surface area contributed by atoms with Crippen LogP contribution in [0, 0.1) is 0 Å². The predicted octanol–water partition coefficient (Wildman–Crippen LogP) is 3.73. The fourth-order valence-corrected chi connectivity index (χ4v) is 2.33. The third-order valence-electron chi connectivity index (χ3n) is 3.45. The van der Waals surface area contributed by atoms with Crippen LogP contribution in [0.4, 0.5) is 0 Å². The molecule has 1 N–H and O–H groups in total. The van der Waals surface area contributed by atoms with E-state index in [0.717, 1.165) is 13.1 Å². The highest BCUT2D eigenvalue weighted by molar-refractivity contribution is 5.23. The van der Waals surface area contributed by atoms with E-state index in [0.29, 0.717) is 12.5 Å². The molecule has 0 amide bonds. The van der Waals surface area contributed by atoms with E-state index in [1.165, 1.54) is 16.7 Å². The lowest BCUT2D eigenvalue weighted by atomic mass is 10.0. The molecule has 2 aromatic carbocycles. The lowest BCUT2D eigenvalue weighted by molar-refractivity contribution is 0.185. The maximum atomic E-state index is 5.16. The van der Waals surface area contributed by atoms with Gasteiger partial charge in [-0.25, -0.2) is 0 Å². The summed E-state index contributed by atoms with van der Waals surface area (Å²) in [5.74, 6) is 0.526. The molecule has 0 aliphatic carbocycles. The molecule has 0 saturated carbocycles. The van der Waals surface area contributed by atoms with Crippen LogP contribution in [0.15, 0.2) is 54.6 Å². The summed E-state index contributed by atoms with van der Waals surface area (Å²) >= 11 is 0. The van der Waals surface area contributed by atoms with Gasteiger partial charge < -0.3 is 10.1 Å². The minimum Gasteiger partial charge on any atom is -0.380 e. The molecule has 2 heteroatoms. The summed E-state index contributed by atoms with van der Waals surface area (Å²) in [6.45, 7) is 4.81. The van der Waals surface area contributed by atoms with Crippen molar-refractivity contribution in [2.75, 3.05) is 13.7 Å². The van der Waals surface area contributed by atoms with E-state index < -0.39 is 0 Å². The predicted molar refractivity (Wildman–Crippen MR) is 83.7 cm³/mol. The average Bonchev–Trinajstić information content (AvgIpc) is 2.49. The van der Waals surface area contributed by atoms with E-state index in [2.05, 4.69) is 66.8 Å². The molecule has 0 aliphatic rings. The normalized spacial score (nSPS) is 12.3. The van der Waals surface area contributed by atoms with Crippen molar-refractivity contribution in [1.82, 2.24) is 5.32 Å². The third-order valence-corrected chi connectivity index (χ3v) is 3.45. The first-order valence-electron chi connectivity index (χ1n) is 7.12. The quantitative estimate of drug-likeness (QED) is 0.827. The van der Waals surface area contributed by atoms with E-state index in [-0.39, 0.29) is 0 Å². The number of hydrogen-bond donors (Lipinski definition) is 1. The number of methoxy groups -OCH3 is 1. The molecule has 20 heavy (non-hydrogen) atoms. The Morgan fingerprint density at radius 3 is 2.50 bits per heavy atom. The van der Waals surface area contributed by atoms with Crippen LogP contribution in [-0.2, 0) is 17.9 Å². The number of nitrogens with one attached hydrogen (secondary N) is 1. The van der Waals surface area contributed by atoms with Crippen LogP contribution < -0.4 is 5.32 Å². The summed E-state index contributed by atoms with van der Waals surface area (Å²) in [5, 5.41) is 3.53. The molecular formula is C18H23NO. The summed E-state index contributed by atoms with van der Waals surface area (Å²) in [5.41, 5.74) is 3.91. The molecule has 0 heterocycles. The molecule has 2 aromatic rings. The zero-order valence-corrected chi connectivity index (χ0v) is 12.3. The van der Waals surface area contributed by atoms with Crippen molar-refractivity contribution in [3.8, 4) is 0 Å². The molecule has 2 rings (SSSR count). The van der Waals surface area contributed by atoms with Gasteiger partial charge in [-0.2, -0.15) is 0 Å². The first-order valence-corrected chi connectivity index (χ1v) is 7.12. The van der Waals surface area contributed by atoms with Crippen LogP contribution in [-0.4, -0.2) is 13.7 Å². The molecule has 0 aliphatic heterocycles. The van der Waals surface area contributed by atoms with Gasteiger partial charge in [0.05, 0.1) is 6.61 Å². The second-order valence-electron chi connectivity index (χ2n) is 5.20. The monoisotopic (exact) mass is 269 g/mol. The maximum Gasteiger partial charge on any atom is 0.0713 e. The molecule has 2 nitrogen and oxygen atoms in total. The van der Waals surface area contributed by atoms with Gasteiger partial charge in [-0.3, -0.25) is 0 Å². The largest absolute Gasteiger partial charge is 0.380 e. The van der Waals surface area contributed by atoms with Gasteiger partial charge in [-0.15, -0.1) is 0 Å². The van der Waals surface area contributed by atoms with Crippen LogP contribution in [0.3, 0.4) is 0 Å². The SMILES string of the molecule is COCc1cccc(CNCC(C)c2ccccc2)c1. The summed E-state index contributed by atoms with van der Waals surface area (Å²) in [4.78, 5) is 0. The second-order valence-corrected chi connectivity index (χ2v) is 5.20. The highest BCUT2D eigenvalue weighted by Crippen LogP contribution is 2.13. The molecule has 0 fully saturated rings. The first-order chi connectivity index (χ1) is 9.79. The fraction of sp³-hybridized carbons (Fsp3) is 0.333. The van der Waals surface area contributed by atoms with Crippen molar-refractivity contribution < 1.29 is 4.74 Å². The van der Waals surface area contributed by atoms with Crippen molar-refractivity contribution in [2.24, 2.45) is 0 Å². The smallest absolute Gasteiger partial charge is 0.0713 e. The first kappa shape index (κ1) is 14.8. The summed E-state index contributed by atoms with van der Waals surface area (Å²) in [7, 11) is 1.73. The van der Waals surface area contributed by atoms with Crippen LogP contribution in [0.2, 0.25) is 0 Å². The topological polar surface area (TPSA) is 21.3 Å². The molecule has 106 valence electrons. The molecule has 0 spiro atoms. The van der Waals surface area contributed by atoms with Crippen molar-refractivity contribution in [3.63, 3.8) is 0 Å². The minimum absolute atomic E-state index is 0.526. The third kappa shape index (κ3) is 4.48. The number of rotatable bonds is 7. The number of benzene rings is 2. The molecule has 1 atom stereocenters. The zero-order valence-electron chi connectivity index (χ0n) is 12.3. The maximum absolute atomic E-state index is 5.16. The van der Waals surface area contributed by atoms with Gasteiger partial charge in [0.1, 0.15) is 0 Å².